The van der Waals surface area contributed by atoms with Crippen molar-refractivity contribution in [3.8, 4) is 5.75 Å². The van der Waals surface area contributed by atoms with E-state index in [4.69, 9.17) is 4.74 Å². The van der Waals surface area contributed by atoms with Crippen LogP contribution in [0.5, 0.6) is 5.75 Å². The quantitative estimate of drug-likeness (QED) is 0.739. The third kappa shape index (κ3) is 2.79. The number of hydrogen-bond donors (Lipinski definition) is 0. The van der Waals surface area contributed by atoms with Crippen molar-refractivity contribution in [3.63, 3.8) is 0 Å². The number of hydrogen-bond acceptors (Lipinski definition) is 1. The molecular formula is C16H20O. The lowest BCUT2D eigenvalue weighted by molar-refractivity contribution is 0.239. The second-order valence-corrected chi connectivity index (χ2v) is 4.77. The molecule has 1 unspecified atom stereocenters. The van der Waals surface area contributed by atoms with Crippen molar-refractivity contribution in [1.82, 2.24) is 0 Å². The Hall–Kier alpha value is -1.50. The van der Waals surface area contributed by atoms with Crippen LogP contribution in [-0.4, -0.2) is 6.10 Å². The van der Waals surface area contributed by atoms with Crippen LogP contribution in [0.2, 0.25) is 0 Å². The van der Waals surface area contributed by atoms with Crippen molar-refractivity contribution < 1.29 is 4.74 Å². The average Bonchev–Trinajstić information content (AvgIpc) is 2.81. The molecule has 17 heavy (non-hydrogen) atoms. The van der Waals surface area contributed by atoms with Gasteiger partial charge in [0.05, 0.1) is 6.10 Å². The molecule has 0 bridgehead atoms. The molecule has 0 saturated heterocycles. The minimum absolute atomic E-state index is 0.219. The lowest BCUT2D eigenvalue weighted by Gasteiger charge is -2.19. The van der Waals surface area contributed by atoms with E-state index in [1.165, 1.54) is 11.1 Å². The Kier molecular flexibility index (Phi) is 3.68. The van der Waals surface area contributed by atoms with E-state index in [2.05, 4.69) is 57.2 Å². The van der Waals surface area contributed by atoms with Crippen molar-refractivity contribution in [1.29, 1.82) is 0 Å². The molecular weight excluding hydrogens is 208 g/mol. The molecule has 0 heterocycles. The molecule has 1 atom stereocenters. The molecule has 0 radical (unpaired) electrons. The summed E-state index contributed by atoms with van der Waals surface area (Å²) in [6.45, 7) is 6.37. The Morgan fingerprint density at radius 2 is 1.88 bits per heavy atom. The van der Waals surface area contributed by atoms with E-state index in [1.54, 1.807) is 0 Å². The smallest absolute Gasteiger partial charge is 0.123 e. The molecule has 1 nitrogen and oxygen atoms in total. The van der Waals surface area contributed by atoms with Gasteiger partial charge in [-0.05, 0) is 31.9 Å². The molecule has 0 aromatic heterocycles. The zero-order chi connectivity index (χ0) is 12.3. The van der Waals surface area contributed by atoms with E-state index in [-0.39, 0.29) is 6.10 Å². The Morgan fingerprint density at radius 1 is 1.12 bits per heavy atom. The minimum Gasteiger partial charge on any atom is -0.491 e. The SMILES string of the molecule is CC(C)Oc1ccccc1C(C)C1=CCC=C1. The summed E-state index contributed by atoms with van der Waals surface area (Å²) in [6.07, 6.45) is 7.99. The van der Waals surface area contributed by atoms with Gasteiger partial charge in [0.1, 0.15) is 5.75 Å². The van der Waals surface area contributed by atoms with Gasteiger partial charge in [-0.2, -0.15) is 0 Å². The number of ether oxygens (including phenoxy) is 1. The fourth-order valence-electron chi connectivity index (χ4n) is 2.18. The van der Waals surface area contributed by atoms with Crippen LogP contribution in [0.1, 0.15) is 38.7 Å². The molecule has 0 fully saturated rings. The lowest BCUT2D eigenvalue weighted by Crippen LogP contribution is -2.08. The molecule has 0 N–H and O–H groups in total. The fraction of sp³-hybridized carbons (Fsp3) is 0.375. The van der Waals surface area contributed by atoms with Gasteiger partial charge in [-0.15, -0.1) is 0 Å². The standard InChI is InChI=1S/C16H20O/c1-12(2)17-16-11-7-6-10-15(16)13(3)14-8-4-5-9-14/h4,6-13H,5H2,1-3H3. The van der Waals surface area contributed by atoms with Crippen molar-refractivity contribution in [3.05, 3.63) is 53.6 Å². The third-order valence-corrected chi connectivity index (χ3v) is 3.05. The van der Waals surface area contributed by atoms with Gasteiger partial charge in [-0.25, -0.2) is 0 Å². The molecule has 0 aliphatic heterocycles. The van der Waals surface area contributed by atoms with E-state index in [0.717, 1.165) is 12.2 Å². The highest BCUT2D eigenvalue weighted by molar-refractivity contribution is 5.44. The van der Waals surface area contributed by atoms with E-state index in [9.17, 15) is 0 Å². The van der Waals surface area contributed by atoms with Crippen molar-refractivity contribution >= 4 is 0 Å². The lowest BCUT2D eigenvalue weighted by atomic mass is 9.93. The second-order valence-electron chi connectivity index (χ2n) is 4.77. The Labute approximate surface area is 104 Å². The van der Waals surface area contributed by atoms with Gasteiger partial charge in [0.15, 0.2) is 0 Å². The van der Waals surface area contributed by atoms with E-state index < -0.39 is 0 Å². The summed E-state index contributed by atoms with van der Waals surface area (Å²) in [7, 11) is 0. The molecule has 0 spiro atoms. The molecule has 1 heteroatoms. The first-order valence-electron chi connectivity index (χ1n) is 6.30. The van der Waals surface area contributed by atoms with Crippen LogP contribution in [-0.2, 0) is 0 Å². The second kappa shape index (κ2) is 5.22. The highest BCUT2D eigenvalue weighted by Gasteiger charge is 2.15. The molecule has 1 aliphatic carbocycles. The first-order chi connectivity index (χ1) is 8.18. The molecule has 1 aromatic rings. The van der Waals surface area contributed by atoms with Gasteiger partial charge in [-0.3, -0.25) is 0 Å². The van der Waals surface area contributed by atoms with E-state index in [0.29, 0.717) is 5.92 Å². The maximum absolute atomic E-state index is 5.87. The summed E-state index contributed by atoms with van der Waals surface area (Å²) in [5.41, 5.74) is 2.67. The predicted molar refractivity (Wildman–Crippen MR) is 72.5 cm³/mol. The minimum atomic E-state index is 0.219. The predicted octanol–water partition coefficient (Wildman–Crippen LogP) is 4.46. The zero-order valence-corrected chi connectivity index (χ0v) is 10.8. The van der Waals surface area contributed by atoms with Gasteiger partial charge in [0, 0.05) is 11.5 Å². The van der Waals surface area contributed by atoms with Crippen LogP contribution >= 0.6 is 0 Å². The summed E-state index contributed by atoms with van der Waals surface area (Å²) in [6, 6.07) is 8.34. The molecule has 1 aliphatic rings. The van der Waals surface area contributed by atoms with Gasteiger partial charge >= 0.3 is 0 Å². The van der Waals surface area contributed by atoms with Crippen molar-refractivity contribution in [2.24, 2.45) is 0 Å². The number of rotatable bonds is 4. The largest absolute Gasteiger partial charge is 0.491 e. The number of allylic oxidation sites excluding steroid dienone is 4. The molecule has 0 amide bonds. The van der Waals surface area contributed by atoms with Crippen LogP contribution < -0.4 is 4.74 Å². The molecule has 1 aromatic carbocycles. The Bertz CT molecular complexity index is 441. The highest BCUT2D eigenvalue weighted by Crippen LogP contribution is 2.34. The van der Waals surface area contributed by atoms with Gasteiger partial charge < -0.3 is 4.74 Å². The number of benzene rings is 1. The fourth-order valence-corrected chi connectivity index (χ4v) is 2.18. The summed E-state index contributed by atoms with van der Waals surface area (Å²) >= 11 is 0. The van der Waals surface area contributed by atoms with Gasteiger partial charge in [0.2, 0.25) is 0 Å². The van der Waals surface area contributed by atoms with Gasteiger partial charge in [0.25, 0.3) is 0 Å². The molecule has 2 rings (SSSR count). The average molecular weight is 228 g/mol. The van der Waals surface area contributed by atoms with E-state index >= 15 is 0 Å². The first-order valence-corrected chi connectivity index (χ1v) is 6.30. The van der Waals surface area contributed by atoms with Crippen LogP contribution in [0.25, 0.3) is 0 Å². The Balaban J connectivity index is 2.27. The van der Waals surface area contributed by atoms with E-state index in [1.807, 2.05) is 6.07 Å². The molecule has 90 valence electrons. The third-order valence-electron chi connectivity index (χ3n) is 3.05. The van der Waals surface area contributed by atoms with Crippen LogP contribution in [0, 0.1) is 0 Å². The van der Waals surface area contributed by atoms with Gasteiger partial charge in [-0.1, -0.05) is 43.4 Å². The van der Waals surface area contributed by atoms with Crippen molar-refractivity contribution in [2.45, 2.75) is 39.2 Å². The van der Waals surface area contributed by atoms with Crippen LogP contribution in [0.3, 0.4) is 0 Å². The Morgan fingerprint density at radius 3 is 2.53 bits per heavy atom. The summed E-state index contributed by atoms with van der Waals surface area (Å²) in [4.78, 5) is 0. The molecule has 0 saturated carbocycles. The van der Waals surface area contributed by atoms with Crippen LogP contribution in [0.4, 0.5) is 0 Å². The zero-order valence-electron chi connectivity index (χ0n) is 10.8. The maximum atomic E-state index is 5.87. The number of para-hydroxylation sites is 1. The summed E-state index contributed by atoms with van der Waals surface area (Å²) < 4.78 is 5.87. The highest BCUT2D eigenvalue weighted by atomic mass is 16.5. The first kappa shape index (κ1) is 12.0. The summed E-state index contributed by atoms with van der Waals surface area (Å²) in [5, 5.41) is 0. The normalized spacial score (nSPS) is 16.1. The monoisotopic (exact) mass is 228 g/mol. The van der Waals surface area contributed by atoms with Crippen molar-refractivity contribution in [2.75, 3.05) is 0 Å². The van der Waals surface area contributed by atoms with Crippen LogP contribution in [0.15, 0.2) is 48.1 Å². The maximum Gasteiger partial charge on any atom is 0.123 e. The summed E-state index contributed by atoms with van der Waals surface area (Å²) in [5.74, 6) is 1.42. The topological polar surface area (TPSA) is 9.23 Å².